The van der Waals surface area contributed by atoms with Gasteiger partial charge in [-0.05, 0) is 87.5 Å². The lowest BCUT2D eigenvalue weighted by Crippen LogP contribution is -2.35. The molecule has 4 heteroatoms. The Morgan fingerprint density at radius 2 is 1.79 bits per heavy atom. The summed E-state index contributed by atoms with van der Waals surface area (Å²) >= 11 is 0. The third kappa shape index (κ3) is 5.13. The molecule has 5 rings (SSSR count). The first-order chi connectivity index (χ1) is 16.7. The van der Waals surface area contributed by atoms with Crippen LogP contribution in [0, 0.1) is 6.92 Å². The Bertz CT molecular complexity index is 1160. The summed E-state index contributed by atoms with van der Waals surface area (Å²) in [5, 5.41) is 0. The fourth-order valence-corrected chi connectivity index (χ4v) is 4.99. The number of nitrogens with zero attached hydrogens (tertiary/aromatic N) is 3. The number of aromatic nitrogens is 1. The summed E-state index contributed by atoms with van der Waals surface area (Å²) in [5.41, 5.74) is 7.32. The van der Waals surface area contributed by atoms with Crippen molar-refractivity contribution in [3.05, 3.63) is 89.1 Å². The molecule has 1 saturated heterocycles. The third-order valence-electron chi connectivity index (χ3n) is 6.95. The maximum atomic E-state index is 13.3. The topological polar surface area (TPSA) is 36.4 Å². The average Bonchev–Trinajstić information content (AvgIpc) is 3.40. The van der Waals surface area contributed by atoms with E-state index in [9.17, 15) is 4.79 Å². The van der Waals surface area contributed by atoms with E-state index in [1.807, 2.05) is 17.0 Å². The van der Waals surface area contributed by atoms with Gasteiger partial charge < -0.3 is 9.80 Å². The Balaban J connectivity index is 1.27. The molecular weight excluding hydrogens is 418 g/mol. The number of likely N-dealkylation sites (tertiary alicyclic amines) is 1. The Kier molecular flexibility index (Phi) is 6.87. The first kappa shape index (κ1) is 22.5. The molecule has 3 aromatic rings. The van der Waals surface area contributed by atoms with E-state index in [0.29, 0.717) is 5.56 Å². The van der Waals surface area contributed by atoms with E-state index in [-0.39, 0.29) is 5.91 Å². The van der Waals surface area contributed by atoms with Crippen molar-refractivity contribution in [1.29, 1.82) is 0 Å². The van der Waals surface area contributed by atoms with Crippen LogP contribution in [0.25, 0.3) is 17.3 Å². The van der Waals surface area contributed by atoms with Crippen molar-refractivity contribution in [1.82, 2.24) is 9.88 Å². The molecule has 0 saturated carbocycles. The van der Waals surface area contributed by atoms with Crippen LogP contribution in [0.15, 0.2) is 66.9 Å². The van der Waals surface area contributed by atoms with E-state index in [0.717, 1.165) is 49.3 Å². The van der Waals surface area contributed by atoms with Crippen LogP contribution < -0.4 is 4.90 Å². The standard InChI is InChI=1S/C30H33N3O/c1-23-9-12-25(13-10-23)28-15-14-27(22-31-28)30(34)33-20-6-8-26-21-24(11-16-29(26)33)7-2-3-17-32-18-4-5-19-32/h2,7,9-16,21-22H,3-6,8,17-20H2,1H3. The van der Waals surface area contributed by atoms with Gasteiger partial charge in [0.2, 0.25) is 0 Å². The monoisotopic (exact) mass is 451 g/mol. The SMILES string of the molecule is Cc1ccc(-c2ccc(C(=O)N3CCCc4cc(C=CCCN5CCCC5)ccc43)cn2)cc1. The molecule has 0 N–H and O–H groups in total. The Hall–Kier alpha value is -3.24. The highest BCUT2D eigenvalue weighted by Gasteiger charge is 2.24. The van der Waals surface area contributed by atoms with E-state index < -0.39 is 0 Å². The summed E-state index contributed by atoms with van der Waals surface area (Å²) < 4.78 is 0. The summed E-state index contributed by atoms with van der Waals surface area (Å²) in [4.78, 5) is 22.4. The highest BCUT2D eigenvalue weighted by molar-refractivity contribution is 6.06. The predicted octanol–water partition coefficient (Wildman–Crippen LogP) is 6.15. The summed E-state index contributed by atoms with van der Waals surface area (Å²) in [5.74, 6) is 0.0258. The molecule has 2 aliphatic heterocycles. The van der Waals surface area contributed by atoms with Gasteiger partial charge in [-0.1, -0.05) is 48.0 Å². The molecule has 0 aliphatic carbocycles. The largest absolute Gasteiger partial charge is 0.308 e. The van der Waals surface area contributed by atoms with Gasteiger partial charge in [-0.3, -0.25) is 9.78 Å². The summed E-state index contributed by atoms with van der Waals surface area (Å²) in [6.07, 6.45) is 12.0. The minimum atomic E-state index is 0.0258. The van der Waals surface area contributed by atoms with E-state index in [4.69, 9.17) is 0 Å². The molecule has 0 bridgehead atoms. The second-order valence-corrected chi connectivity index (χ2v) is 9.49. The lowest BCUT2D eigenvalue weighted by molar-refractivity contribution is 0.0985. The zero-order valence-electron chi connectivity index (χ0n) is 20.0. The normalized spacial score (nSPS) is 16.2. The van der Waals surface area contributed by atoms with E-state index in [1.54, 1.807) is 6.20 Å². The summed E-state index contributed by atoms with van der Waals surface area (Å²) in [6, 6.07) is 18.6. The summed E-state index contributed by atoms with van der Waals surface area (Å²) in [7, 11) is 0. The predicted molar refractivity (Wildman–Crippen MR) is 140 cm³/mol. The van der Waals surface area contributed by atoms with Crippen LogP contribution in [0.5, 0.6) is 0 Å². The third-order valence-corrected chi connectivity index (χ3v) is 6.95. The molecule has 0 atom stereocenters. The molecule has 0 spiro atoms. The maximum absolute atomic E-state index is 13.3. The zero-order valence-corrected chi connectivity index (χ0v) is 20.0. The van der Waals surface area contributed by atoms with Crippen LogP contribution >= 0.6 is 0 Å². The number of fused-ring (bicyclic) bond motifs is 1. The molecule has 1 aromatic heterocycles. The molecule has 34 heavy (non-hydrogen) atoms. The minimum Gasteiger partial charge on any atom is -0.308 e. The molecule has 1 fully saturated rings. The quantitative estimate of drug-likeness (QED) is 0.451. The van der Waals surface area contributed by atoms with Crippen LogP contribution in [0.1, 0.15) is 52.7 Å². The number of pyridine rings is 1. The average molecular weight is 452 g/mol. The number of aryl methyl sites for hydroxylation is 2. The van der Waals surface area contributed by atoms with Gasteiger partial charge in [0.15, 0.2) is 0 Å². The highest BCUT2D eigenvalue weighted by atomic mass is 16.2. The first-order valence-corrected chi connectivity index (χ1v) is 12.5. The Morgan fingerprint density at radius 1 is 0.971 bits per heavy atom. The molecule has 174 valence electrons. The van der Waals surface area contributed by atoms with Crippen LogP contribution in [-0.2, 0) is 6.42 Å². The minimum absolute atomic E-state index is 0.0258. The fourth-order valence-electron chi connectivity index (χ4n) is 4.99. The first-order valence-electron chi connectivity index (χ1n) is 12.5. The number of benzene rings is 2. The van der Waals surface area contributed by atoms with Gasteiger partial charge in [0.05, 0.1) is 11.3 Å². The second-order valence-electron chi connectivity index (χ2n) is 9.49. The van der Waals surface area contributed by atoms with Gasteiger partial charge in [-0.25, -0.2) is 0 Å². The van der Waals surface area contributed by atoms with Crippen molar-refractivity contribution >= 4 is 17.7 Å². The van der Waals surface area contributed by atoms with Gasteiger partial charge in [0, 0.05) is 30.5 Å². The second kappa shape index (κ2) is 10.4. The van der Waals surface area contributed by atoms with E-state index >= 15 is 0 Å². The lowest BCUT2D eigenvalue weighted by Gasteiger charge is -2.30. The van der Waals surface area contributed by atoms with Gasteiger partial charge in [0.1, 0.15) is 0 Å². The van der Waals surface area contributed by atoms with Crippen molar-refractivity contribution < 1.29 is 4.79 Å². The van der Waals surface area contributed by atoms with Crippen molar-refractivity contribution in [3.63, 3.8) is 0 Å². The van der Waals surface area contributed by atoms with E-state index in [1.165, 1.54) is 42.6 Å². The van der Waals surface area contributed by atoms with Crippen LogP contribution in [0.4, 0.5) is 5.69 Å². The Labute approximate surface area is 202 Å². The maximum Gasteiger partial charge on any atom is 0.259 e. The smallest absolute Gasteiger partial charge is 0.259 e. The highest BCUT2D eigenvalue weighted by Crippen LogP contribution is 2.30. The number of carbonyl (C=O) groups is 1. The fraction of sp³-hybridized carbons (Fsp3) is 0.333. The molecule has 2 aromatic carbocycles. The van der Waals surface area contributed by atoms with E-state index in [2.05, 4.69) is 71.4 Å². The lowest BCUT2D eigenvalue weighted by atomic mass is 9.98. The molecule has 0 unspecified atom stereocenters. The van der Waals surface area contributed by atoms with Crippen molar-refractivity contribution in [2.45, 2.75) is 39.0 Å². The molecule has 4 nitrogen and oxygen atoms in total. The van der Waals surface area contributed by atoms with Crippen LogP contribution in [0.2, 0.25) is 0 Å². The van der Waals surface area contributed by atoms with Gasteiger partial charge in [-0.15, -0.1) is 0 Å². The van der Waals surface area contributed by atoms with Crippen molar-refractivity contribution in [2.24, 2.45) is 0 Å². The number of hydrogen-bond donors (Lipinski definition) is 0. The molecule has 2 aliphatic rings. The van der Waals surface area contributed by atoms with Crippen molar-refractivity contribution in [3.8, 4) is 11.3 Å². The number of rotatable bonds is 6. The van der Waals surface area contributed by atoms with Crippen molar-refractivity contribution in [2.75, 3.05) is 31.1 Å². The Morgan fingerprint density at radius 3 is 2.56 bits per heavy atom. The number of amides is 1. The zero-order chi connectivity index (χ0) is 23.3. The summed E-state index contributed by atoms with van der Waals surface area (Å²) in [6.45, 7) is 6.47. The number of carbonyl (C=O) groups excluding carboxylic acids is 1. The van der Waals surface area contributed by atoms with Gasteiger partial charge >= 0.3 is 0 Å². The van der Waals surface area contributed by atoms with Crippen LogP contribution in [0.3, 0.4) is 0 Å². The molecular formula is C30H33N3O. The molecule has 1 amide bonds. The van der Waals surface area contributed by atoms with Gasteiger partial charge in [0.25, 0.3) is 5.91 Å². The van der Waals surface area contributed by atoms with Crippen LogP contribution in [-0.4, -0.2) is 42.0 Å². The molecule has 3 heterocycles. The van der Waals surface area contributed by atoms with Gasteiger partial charge in [-0.2, -0.15) is 0 Å². The molecule has 0 radical (unpaired) electrons. The number of anilines is 1. The number of hydrogen-bond acceptors (Lipinski definition) is 3.